The maximum Gasteiger partial charge on any atom is 0.261 e. The maximum absolute atomic E-state index is 11.8. The largest absolute Gasteiger partial charge is 0.349 e. The molecule has 0 aromatic carbocycles. The summed E-state index contributed by atoms with van der Waals surface area (Å²) in [6.07, 6.45) is 6.90. The van der Waals surface area contributed by atoms with Crippen molar-refractivity contribution in [3.8, 4) is 0 Å². The Morgan fingerprint density at radius 2 is 2.19 bits per heavy atom. The van der Waals surface area contributed by atoms with Crippen LogP contribution in [-0.2, 0) is 0 Å². The molecule has 0 atom stereocenters. The first-order valence-electron chi connectivity index (χ1n) is 5.66. The van der Waals surface area contributed by atoms with E-state index in [9.17, 15) is 4.79 Å². The fourth-order valence-electron chi connectivity index (χ4n) is 2.11. The summed E-state index contributed by atoms with van der Waals surface area (Å²) in [6.45, 7) is 0. The first-order chi connectivity index (χ1) is 7.79. The van der Waals surface area contributed by atoms with E-state index in [2.05, 4.69) is 11.6 Å². The zero-order chi connectivity index (χ0) is 11.4. The van der Waals surface area contributed by atoms with Gasteiger partial charge in [-0.15, -0.1) is 11.3 Å². The molecule has 88 valence electrons. The van der Waals surface area contributed by atoms with Crippen LogP contribution in [0.1, 0.15) is 35.4 Å². The van der Waals surface area contributed by atoms with E-state index in [4.69, 9.17) is 0 Å². The van der Waals surface area contributed by atoms with Crippen molar-refractivity contribution in [1.29, 1.82) is 0 Å². The van der Waals surface area contributed by atoms with Crippen LogP contribution in [0.3, 0.4) is 0 Å². The smallest absolute Gasteiger partial charge is 0.261 e. The molecule has 1 fully saturated rings. The number of thioether (sulfide) groups is 1. The number of amides is 1. The molecule has 1 aromatic heterocycles. The van der Waals surface area contributed by atoms with E-state index in [-0.39, 0.29) is 5.91 Å². The van der Waals surface area contributed by atoms with Crippen LogP contribution in [-0.4, -0.2) is 23.5 Å². The van der Waals surface area contributed by atoms with E-state index < -0.39 is 0 Å². The molecular weight excluding hydrogens is 238 g/mol. The lowest BCUT2D eigenvalue weighted by Crippen LogP contribution is -2.37. The van der Waals surface area contributed by atoms with Crippen LogP contribution in [0.2, 0.25) is 0 Å². The lowest BCUT2D eigenvalue weighted by atomic mass is 9.95. The van der Waals surface area contributed by atoms with Gasteiger partial charge in [0.1, 0.15) is 0 Å². The molecule has 2 nitrogen and oxygen atoms in total. The molecule has 0 spiro atoms. The highest BCUT2D eigenvalue weighted by atomic mass is 32.2. The van der Waals surface area contributed by atoms with Crippen LogP contribution < -0.4 is 5.32 Å². The predicted molar refractivity (Wildman–Crippen MR) is 71.3 cm³/mol. The average molecular weight is 255 g/mol. The minimum Gasteiger partial charge on any atom is -0.349 e. The quantitative estimate of drug-likeness (QED) is 0.899. The number of nitrogens with one attached hydrogen (secondary N) is 1. The van der Waals surface area contributed by atoms with Gasteiger partial charge in [-0.1, -0.05) is 6.07 Å². The molecular formula is C12H17NOS2. The minimum atomic E-state index is 0.0996. The van der Waals surface area contributed by atoms with E-state index in [0.717, 1.165) is 23.0 Å². The molecule has 1 heterocycles. The molecule has 1 aromatic rings. The van der Waals surface area contributed by atoms with E-state index in [1.807, 2.05) is 29.3 Å². The zero-order valence-corrected chi connectivity index (χ0v) is 11.1. The Balaban J connectivity index is 1.81. The second kappa shape index (κ2) is 5.73. The molecule has 0 aliphatic heterocycles. The van der Waals surface area contributed by atoms with Gasteiger partial charge in [0.05, 0.1) is 4.88 Å². The average Bonchev–Trinajstić information content (AvgIpc) is 2.83. The van der Waals surface area contributed by atoms with Crippen LogP contribution >= 0.6 is 23.1 Å². The topological polar surface area (TPSA) is 29.1 Å². The minimum absolute atomic E-state index is 0.0996. The number of hydrogen-bond acceptors (Lipinski definition) is 3. The van der Waals surface area contributed by atoms with Gasteiger partial charge in [0, 0.05) is 11.3 Å². The van der Waals surface area contributed by atoms with Crippen molar-refractivity contribution in [2.24, 2.45) is 0 Å². The summed E-state index contributed by atoms with van der Waals surface area (Å²) in [6, 6.07) is 4.19. The molecule has 1 aliphatic rings. The van der Waals surface area contributed by atoms with Gasteiger partial charge < -0.3 is 5.32 Å². The SMILES string of the molecule is CSC1CCC(NC(=O)c2cccs2)CC1. The van der Waals surface area contributed by atoms with Gasteiger partial charge in [0.25, 0.3) is 5.91 Å². The monoisotopic (exact) mass is 255 g/mol. The van der Waals surface area contributed by atoms with Crippen molar-refractivity contribution in [3.05, 3.63) is 22.4 Å². The summed E-state index contributed by atoms with van der Waals surface area (Å²) in [4.78, 5) is 12.6. The molecule has 1 amide bonds. The summed E-state index contributed by atoms with van der Waals surface area (Å²) in [7, 11) is 0. The van der Waals surface area contributed by atoms with Crippen molar-refractivity contribution < 1.29 is 4.79 Å². The van der Waals surface area contributed by atoms with E-state index in [1.54, 1.807) is 0 Å². The van der Waals surface area contributed by atoms with Gasteiger partial charge in [0.15, 0.2) is 0 Å². The van der Waals surface area contributed by atoms with Crippen LogP contribution in [0.4, 0.5) is 0 Å². The van der Waals surface area contributed by atoms with Gasteiger partial charge in [-0.05, 0) is 43.4 Å². The standard InChI is InChI=1S/C12H17NOS2/c1-15-10-6-4-9(5-7-10)13-12(14)11-3-2-8-16-11/h2-3,8-10H,4-7H2,1H3,(H,13,14). The third-order valence-electron chi connectivity index (χ3n) is 3.09. The third-order valence-corrected chi connectivity index (χ3v) is 5.09. The van der Waals surface area contributed by atoms with E-state index >= 15 is 0 Å². The summed E-state index contributed by atoms with van der Waals surface area (Å²) in [5.74, 6) is 0.0996. The van der Waals surface area contributed by atoms with Crippen LogP contribution in [0.5, 0.6) is 0 Å². The highest BCUT2D eigenvalue weighted by Gasteiger charge is 2.22. The molecule has 2 rings (SSSR count). The first-order valence-corrected chi connectivity index (χ1v) is 7.83. The molecule has 16 heavy (non-hydrogen) atoms. The van der Waals surface area contributed by atoms with Crippen LogP contribution in [0.15, 0.2) is 17.5 Å². The highest BCUT2D eigenvalue weighted by Crippen LogP contribution is 2.27. The number of carbonyl (C=O) groups excluding carboxylic acids is 1. The van der Waals surface area contributed by atoms with Crippen LogP contribution in [0.25, 0.3) is 0 Å². The van der Waals surface area contributed by atoms with Gasteiger partial charge in [-0.2, -0.15) is 11.8 Å². The Kier molecular flexibility index (Phi) is 4.29. The van der Waals surface area contributed by atoms with Gasteiger partial charge >= 0.3 is 0 Å². The highest BCUT2D eigenvalue weighted by molar-refractivity contribution is 7.99. The number of carbonyl (C=O) groups is 1. The first kappa shape index (κ1) is 12.0. The normalized spacial score (nSPS) is 25.3. The third kappa shape index (κ3) is 3.01. The molecule has 0 bridgehead atoms. The molecule has 1 N–H and O–H groups in total. The number of thiophene rings is 1. The lowest BCUT2D eigenvalue weighted by Gasteiger charge is -2.27. The van der Waals surface area contributed by atoms with Crippen molar-refractivity contribution >= 4 is 29.0 Å². The molecule has 1 saturated carbocycles. The number of rotatable bonds is 3. The maximum atomic E-state index is 11.8. The van der Waals surface area contributed by atoms with Gasteiger partial charge in [0.2, 0.25) is 0 Å². The lowest BCUT2D eigenvalue weighted by molar-refractivity contribution is 0.0932. The van der Waals surface area contributed by atoms with E-state index in [1.165, 1.54) is 24.2 Å². The molecule has 0 saturated heterocycles. The molecule has 4 heteroatoms. The van der Waals surface area contributed by atoms with Gasteiger partial charge in [-0.25, -0.2) is 0 Å². The van der Waals surface area contributed by atoms with Crippen molar-refractivity contribution in [3.63, 3.8) is 0 Å². The Morgan fingerprint density at radius 3 is 2.75 bits per heavy atom. The Hall–Kier alpha value is -0.480. The van der Waals surface area contributed by atoms with Gasteiger partial charge in [-0.3, -0.25) is 4.79 Å². The Morgan fingerprint density at radius 1 is 1.44 bits per heavy atom. The molecule has 1 aliphatic carbocycles. The molecule has 0 radical (unpaired) electrons. The van der Waals surface area contributed by atoms with Crippen molar-refractivity contribution in [2.75, 3.05) is 6.26 Å². The summed E-state index contributed by atoms with van der Waals surface area (Å²) in [5.41, 5.74) is 0. The fraction of sp³-hybridized carbons (Fsp3) is 0.583. The predicted octanol–water partition coefficient (Wildman–Crippen LogP) is 3.15. The van der Waals surface area contributed by atoms with E-state index in [0.29, 0.717) is 6.04 Å². The summed E-state index contributed by atoms with van der Waals surface area (Å²) in [5, 5.41) is 5.87. The van der Waals surface area contributed by atoms with Crippen LogP contribution in [0, 0.1) is 0 Å². The zero-order valence-electron chi connectivity index (χ0n) is 9.44. The second-order valence-electron chi connectivity index (χ2n) is 4.16. The second-order valence-corrected chi connectivity index (χ2v) is 6.25. The Labute approximate surface area is 105 Å². The number of hydrogen-bond donors (Lipinski definition) is 1. The molecule has 0 unspecified atom stereocenters. The van der Waals surface area contributed by atoms with Crippen molar-refractivity contribution in [2.45, 2.75) is 37.0 Å². The summed E-state index contributed by atoms with van der Waals surface area (Å²) < 4.78 is 0. The Bertz CT molecular complexity index is 329. The summed E-state index contributed by atoms with van der Waals surface area (Å²) >= 11 is 3.46. The van der Waals surface area contributed by atoms with Crippen molar-refractivity contribution in [1.82, 2.24) is 5.32 Å². The fourth-order valence-corrected chi connectivity index (χ4v) is 3.48.